The summed E-state index contributed by atoms with van der Waals surface area (Å²) in [5, 5.41) is 10.6. The van der Waals surface area contributed by atoms with E-state index in [2.05, 4.69) is 20.6 Å². The lowest BCUT2D eigenvalue weighted by Crippen LogP contribution is -2.46. The van der Waals surface area contributed by atoms with Crippen LogP contribution in [-0.4, -0.2) is 25.8 Å². The number of carbonyl (C=O) groups excluding carboxylic acids is 1. The average molecular weight is 325 g/mol. The van der Waals surface area contributed by atoms with Crippen LogP contribution >= 0.6 is 0 Å². The topological polar surface area (TPSA) is 85.8 Å². The number of carbonyl (C=O) groups is 1. The Morgan fingerprint density at radius 1 is 1.52 bits per heavy atom. The van der Waals surface area contributed by atoms with Gasteiger partial charge in [-0.25, -0.2) is 8.78 Å². The molecule has 7 nitrogen and oxygen atoms in total. The second-order valence-electron chi connectivity index (χ2n) is 5.95. The van der Waals surface area contributed by atoms with Crippen LogP contribution in [0.5, 0.6) is 0 Å². The number of halogens is 2. The van der Waals surface area contributed by atoms with Gasteiger partial charge in [0.15, 0.2) is 11.5 Å². The zero-order valence-corrected chi connectivity index (χ0v) is 13.0. The van der Waals surface area contributed by atoms with Crippen molar-refractivity contribution in [2.24, 2.45) is 13.0 Å². The number of hydrogen-bond acceptors (Lipinski definition) is 5. The van der Waals surface area contributed by atoms with Crippen LogP contribution < -0.4 is 5.32 Å². The minimum Gasteiger partial charge on any atom is -0.340 e. The maximum atomic E-state index is 12.8. The van der Waals surface area contributed by atoms with Gasteiger partial charge in [0.05, 0.1) is 0 Å². The van der Waals surface area contributed by atoms with Gasteiger partial charge in [0.1, 0.15) is 11.2 Å². The zero-order chi connectivity index (χ0) is 16.8. The van der Waals surface area contributed by atoms with Crippen molar-refractivity contribution in [2.45, 2.75) is 38.7 Å². The van der Waals surface area contributed by atoms with E-state index in [1.807, 2.05) is 6.92 Å². The molecule has 1 amide bonds. The number of nitrogens with zero attached hydrogens (tertiary/aromatic N) is 4. The monoisotopic (exact) mass is 325 g/mol. The fraction of sp³-hybridized carbons (Fsp3) is 0.571. The van der Waals surface area contributed by atoms with E-state index in [0.29, 0.717) is 11.7 Å². The number of hydrogen-bond donors (Lipinski definition) is 1. The molecule has 0 saturated heterocycles. The van der Waals surface area contributed by atoms with Gasteiger partial charge in [-0.05, 0) is 31.7 Å². The Morgan fingerprint density at radius 2 is 2.22 bits per heavy atom. The standard InChI is InChI=1S/C14H17F2N5O2/c1-7-17-13(20-23-7)14(2,8-4-5-8)18-12(22)9-6-10(11(15)16)21(3)19-9/h6,8,11H,4-5H2,1-3H3,(H,18,22). The molecule has 9 heteroatoms. The minimum atomic E-state index is -2.69. The van der Waals surface area contributed by atoms with Crippen molar-refractivity contribution in [3.05, 3.63) is 29.2 Å². The van der Waals surface area contributed by atoms with Crippen molar-refractivity contribution >= 4 is 5.91 Å². The quantitative estimate of drug-likeness (QED) is 0.910. The number of aromatic nitrogens is 4. The Balaban J connectivity index is 1.86. The Kier molecular flexibility index (Phi) is 3.65. The van der Waals surface area contributed by atoms with Gasteiger partial charge in [0.25, 0.3) is 12.3 Å². The van der Waals surface area contributed by atoms with Gasteiger partial charge in [-0.15, -0.1) is 0 Å². The fourth-order valence-electron chi connectivity index (χ4n) is 2.61. The SMILES string of the molecule is Cc1nc(C(C)(NC(=O)c2cc(C(F)F)n(C)n2)C2CC2)no1. The van der Waals surface area contributed by atoms with Crippen LogP contribution in [0.2, 0.25) is 0 Å². The lowest BCUT2D eigenvalue weighted by molar-refractivity contribution is 0.0879. The molecule has 1 saturated carbocycles. The third-order valence-electron chi connectivity index (χ3n) is 4.13. The summed E-state index contributed by atoms with van der Waals surface area (Å²) in [4.78, 5) is 16.6. The largest absolute Gasteiger partial charge is 0.340 e. The molecule has 0 aliphatic heterocycles. The van der Waals surface area contributed by atoms with Crippen molar-refractivity contribution in [1.29, 1.82) is 0 Å². The summed E-state index contributed by atoms with van der Waals surface area (Å²) in [6.45, 7) is 3.48. The van der Waals surface area contributed by atoms with Crippen LogP contribution in [-0.2, 0) is 12.6 Å². The smallest absolute Gasteiger partial charge is 0.280 e. The summed E-state index contributed by atoms with van der Waals surface area (Å²) in [5.41, 5.74) is -1.18. The lowest BCUT2D eigenvalue weighted by atomic mass is 9.94. The van der Waals surface area contributed by atoms with Gasteiger partial charge >= 0.3 is 0 Å². The molecule has 2 aromatic rings. The van der Waals surface area contributed by atoms with E-state index >= 15 is 0 Å². The Morgan fingerprint density at radius 3 is 2.70 bits per heavy atom. The molecule has 0 bridgehead atoms. The van der Waals surface area contributed by atoms with Crippen molar-refractivity contribution in [3.63, 3.8) is 0 Å². The molecule has 1 unspecified atom stereocenters. The predicted molar refractivity (Wildman–Crippen MR) is 74.7 cm³/mol. The molecular weight excluding hydrogens is 308 g/mol. The summed E-state index contributed by atoms with van der Waals surface area (Å²) in [6, 6.07) is 1.09. The molecule has 2 aromatic heterocycles. The third kappa shape index (κ3) is 2.82. The first-order valence-electron chi connectivity index (χ1n) is 7.26. The van der Waals surface area contributed by atoms with E-state index in [0.717, 1.165) is 23.6 Å². The highest BCUT2D eigenvalue weighted by molar-refractivity contribution is 5.93. The Labute approximate surface area is 131 Å². The van der Waals surface area contributed by atoms with Crippen molar-refractivity contribution in [2.75, 3.05) is 0 Å². The van der Waals surface area contributed by atoms with Crippen LogP contribution in [0.25, 0.3) is 0 Å². The molecule has 1 N–H and O–H groups in total. The number of alkyl halides is 2. The highest BCUT2D eigenvalue weighted by Gasteiger charge is 2.47. The summed E-state index contributed by atoms with van der Waals surface area (Å²) in [7, 11) is 1.38. The molecule has 1 fully saturated rings. The molecule has 0 spiro atoms. The minimum absolute atomic E-state index is 0.0603. The summed E-state index contributed by atoms with van der Waals surface area (Å²) in [5.74, 6) is 0.431. The van der Waals surface area contributed by atoms with E-state index in [1.54, 1.807) is 6.92 Å². The van der Waals surface area contributed by atoms with Gasteiger partial charge in [-0.3, -0.25) is 9.48 Å². The van der Waals surface area contributed by atoms with Gasteiger partial charge in [0.2, 0.25) is 5.89 Å². The van der Waals surface area contributed by atoms with Crippen LogP contribution in [0.3, 0.4) is 0 Å². The molecule has 1 aliphatic carbocycles. The molecule has 3 rings (SSSR count). The van der Waals surface area contributed by atoms with Gasteiger partial charge in [-0.2, -0.15) is 10.1 Å². The van der Waals surface area contributed by atoms with Crippen LogP contribution in [0.15, 0.2) is 10.6 Å². The maximum Gasteiger partial charge on any atom is 0.280 e. The molecule has 124 valence electrons. The third-order valence-corrected chi connectivity index (χ3v) is 4.13. The number of nitrogens with one attached hydrogen (secondary N) is 1. The van der Waals surface area contributed by atoms with Gasteiger partial charge < -0.3 is 9.84 Å². The summed E-state index contributed by atoms with van der Waals surface area (Å²) >= 11 is 0. The van der Waals surface area contributed by atoms with Crippen molar-refractivity contribution in [3.8, 4) is 0 Å². The van der Waals surface area contributed by atoms with E-state index in [9.17, 15) is 13.6 Å². The highest BCUT2D eigenvalue weighted by Crippen LogP contribution is 2.44. The Hall–Kier alpha value is -2.32. The molecule has 1 aliphatic rings. The van der Waals surface area contributed by atoms with E-state index in [-0.39, 0.29) is 17.3 Å². The van der Waals surface area contributed by atoms with Crippen LogP contribution in [0.4, 0.5) is 8.78 Å². The fourth-order valence-corrected chi connectivity index (χ4v) is 2.61. The van der Waals surface area contributed by atoms with Gasteiger partial charge in [0, 0.05) is 14.0 Å². The first-order valence-corrected chi connectivity index (χ1v) is 7.26. The van der Waals surface area contributed by atoms with Crippen molar-refractivity contribution < 1.29 is 18.1 Å². The summed E-state index contributed by atoms with van der Waals surface area (Å²) in [6.07, 6.45) is -0.840. The van der Waals surface area contributed by atoms with E-state index < -0.39 is 17.9 Å². The average Bonchev–Trinajstić information content (AvgIpc) is 3.13. The first-order chi connectivity index (χ1) is 10.8. The first kappa shape index (κ1) is 15.6. The second kappa shape index (κ2) is 5.39. The summed E-state index contributed by atoms with van der Waals surface area (Å²) < 4.78 is 31.7. The predicted octanol–water partition coefficient (Wildman–Crippen LogP) is 2.10. The molecule has 0 radical (unpaired) electrons. The molecule has 23 heavy (non-hydrogen) atoms. The highest BCUT2D eigenvalue weighted by atomic mass is 19.3. The number of aryl methyl sites for hydroxylation is 2. The molecule has 2 heterocycles. The number of rotatable bonds is 5. The van der Waals surface area contributed by atoms with Crippen molar-refractivity contribution in [1.82, 2.24) is 25.2 Å². The molecule has 1 atom stereocenters. The van der Waals surface area contributed by atoms with E-state index in [4.69, 9.17) is 4.52 Å². The normalized spacial score (nSPS) is 17.3. The van der Waals surface area contributed by atoms with Gasteiger partial charge in [-0.1, -0.05) is 5.16 Å². The molecule has 0 aromatic carbocycles. The lowest BCUT2D eigenvalue weighted by Gasteiger charge is -2.27. The van der Waals surface area contributed by atoms with E-state index in [1.165, 1.54) is 7.05 Å². The molecular formula is C14H17F2N5O2. The second-order valence-corrected chi connectivity index (χ2v) is 5.95. The van der Waals surface area contributed by atoms with Crippen LogP contribution in [0.1, 0.15) is 54.1 Å². The number of amides is 1. The zero-order valence-electron chi connectivity index (χ0n) is 13.0. The maximum absolute atomic E-state index is 12.8. The Bertz CT molecular complexity index is 737. The van der Waals surface area contributed by atoms with Crippen LogP contribution in [0, 0.1) is 12.8 Å².